The lowest BCUT2D eigenvalue weighted by molar-refractivity contribution is 0.610. The summed E-state index contributed by atoms with van der Waals surface area (Å²) in [6.07, 6.45) is 2.08. The Kier molecular flexibility index (Phi) is 5.98. The van der Waals surface area contributed by atoms with Crippen LogP contribution in [0.4, 0.5) is 10.1 Å². The molecule has 1 rings (SSSR count). The Morgan fingerprint density at radius 2 is 1.82 bits per heavy atom. The lowest BCUT2D eigenvalue weighted by Gasteiger charge is -2.24. The van der Waals surface area contributed by atoms with Gasteiger partial charge in [0.25, 0.3) is 0 Å². The van der Waals surface area contributed by atoms with Gasteiger partial charge in [0.15, 0.2) is 0 Å². The molecule has 1 aromatic carbocycles. The van der Waals surface area contributed by atoms with Crippen molar-refractivity contribution in [3.8, 4) is 0 Å². The molecule has 96 valence electrons. The van der Waals surface area contributed by atoms with Gasteiger partial charge in [0.1, 0.15) is 5.82 Å². The predicted molar refractivity (Wildman–Crippen MR) is 72.0 cm³/mol. The molecule has 0 bridgehead atoms. The number of hydrogen-bond acceptors (Lipinski definition) is 2. The molecular formula is C14H23FN2. The largest absolute Gasteiger partial charge is 0.369 e. The van der Waals surface area contributed by atoms with Crippen molar-refractivity contribution < 1.29 is 4.39 Å². The molecule has 0 saturated heterocycles. The van der Waals surface area contributed by atoms with E-state index in [2.05, 4.69) is 24.1 Å². The molecule has 0 aliphatic heterocycles. The van der Waals surface area contributed by atoms with Crippen molar-refractivity contribution in [2.75, 3.05) is 25.0 Å². The van der Waals surface area contributed by atoms with Gasteiger partial charge in [0.05, 0.1) is 5.69 Å². The minimum Gasteiger partial charge on any atom is -0.369 e. The first kappa shape index (κ1) is 14.0. The summed E-state index contributed by atoms with van der Waals surface area (Å²) >= 11 is 0. The summed E-state index contributed by atoms with van der Waals surface area (Å²) in [5.41, 5.74) is 1.72. The molecule has 0 aliphatic rings. The maximum Gasteiger partial charge on any atom is 0.146 e. The Hall–Kier alpha value is -1.09. The molecule has 0 amide bonds. The standard InChI is InChI=1S/C14H23FN2/c1-4-8-17(9-5-2)14-7-6-12(11-16-3)10-13(14)15/h6-7,10,16H,4-5,8-9,11H2,1-3H3. The molecule has 3 heteroatoms. The SMILES string of the molecule is CCCN(CCC)c1ccc(CNC)cc1F. The summed E-state index contributed by atoms with van der Waals surface area (Å²) in [6, 6.07) is 5.52. The molecule has 0 heterocycles. The lowest BCUT2D eigenvalue weighted by Crippen LogP contribution is -2.25. The van der Waals surface area contributed by atoms with Crippen molar-refractivity contribution in [2.45, 2.75) is 33.2 Å². The Morgan fingerprint density at radius 3 is 2.29 bits per heavy atom. The molecule has 0 spiro atoms. The van der Waals surface area contributed by atoms with Gasteiger partial charge in [-0.05, 0) is 37.6 Å². The summed E-state index contributed by atoms with van der Waals surface area (Å²) < 4.78 is 14.0. The predicted octanol–water partition coefficient (Wildman–Crippen LogP) is 3.17. The van der Waals surface area contributed by atoms with Crippen molar-refractivity contribution in [3.05, 3.63) is 29.6 Å². The third-order valence-corrected chi connectivity index (χ3v) is 2.72. The van der Waals surface area contributed by atoms with Gasteiger partial charge in [-0.1, -0.05) is 19.9 Å². The van der Waals surface area contributed by atoms with E-state index >= 15 is 0 Å². The minimum absolute atomic E-state index is 0.111. The maximum atomic E-state index is 14.0. The fraction of sp³-hybridized carbons (Fsp3) is 0.571. The van der Waals surface area contributed by atoms with Gasteiger partial charge in [-0.15, -0.1) is 0 Å². The number of hydrogen-bond donors (Lipinski definition) is 1. The molecule has 0 unspecified atom stereocenters. The van der Waals surface area contributed by atoms with Crippen LogP contribution in [-0.4, -0.2) is 20.1 Å². The fourth-order valence-corrected chi connectivity index (χ4v) is 2.01. The number of halogens is 1. The highest BCUT2D eigenvalue weighted by atomic mass is 19.1. The van der Waals surface area contributed by atoms with Crippen LogP contribution in [0.15, 0.2) is 18.2 Å². The second-order valence-corrected chi connectivity index (χ2v) is 4.30. The van der Waals surface area contributed by atoms with Crippen LogP contribution in [0.25, 0.3) is 0 Å². The fourth-order valence-electron chi connectivity index (χ4n) is 2.01. The third kappa shape index (κ3) is 4.00. The summed E-state index contributed by atoms with van der Waals surface area (Å²) in [5.74, 6) is -0.111. The first-order chi connectivity index (χ1) is 8.22. The zero-order chi connectivity index (χ0) is 12.7. The lowest BCUT2D eigenvalue weighted by atomic mass is 10.1. The van der Waals surface area contributed by atoms with Crippen LogP contribution in [0.1, 0.15) is 32.3 Å². The highest BCUT2D eigenvalue weighted by molar-refractivity contribution is 5.49. The molecule has 0 saturated carbocycles. The first-order valence-corrected chi connectivity index (χ1v) is 6.40. The van der Waals surface area contributed by atoms with Gasteiger partial charge in [-0.3, -0.25) is 0 Å². The van der Waals surface area contributed by atoms with Crippen molar-refractivity contribution >= 4 is 5.69 Å². The molecule has 0 aliphatic carbocycles. The summed E-state index contributed by atoms with van der Waals surface area (Å²) in [5, 5.41) is 3.03. The smallest absolute Gasteiger partial charge is 0.146 e. The van der Waals surface area contributed by atoms with Crippen LogP contribution >= 0.6 is 0 Å². The number of benzene rings is 1. The van der Waals surface area contributed by atoms with Crippen LogP contribution < -0.4 is 10.2 Å². The van der Waals surface area contributed by atoms with E-state index in [0.29, 0.717) is 6.54 Å². The normalized spacial score (nSPS) is 10.6. The van der Waals surface area contributed by atoms with Gasteiger partial charge >= 0.3 is 0 Å². The molecule has 0 fully saturated rings. The quantitative estimate of drug-likeness (QED) is 0.785. The molecule has 0 radical (unpaired) electrons. The van der Waals surface area contributed by atoms with Gasteiger partial charge in [-0.2, -0.15) is 0 Å². The molecule has 2 nitrogen and oxygen atoms in total. The van der Waals surface area contributed by atoms with E-state index in [1.807, 2.05) is 19.2 Å². The summed E-state index contributed by atoms with van der Waals surface area (Å²) in [7, 11) is 1.87. The van der Waals surface area contributed by atoms with Crippen molar-refractivity contribution in [1.29, 1.82) is 0 Å². The number of nitrogens with zero attached hydrogens (tertiary/aromatic N) is 1. The zero-order valence-corrected chi connectivity index (χ0v) is 11.1. The van der Waals surface area contributed by atoms with E-state index < -0.39 is 0 Å². The molecular weight excluding hydrogens is 215 g/mol. The monoisotopic (exact) mass is 238 g/mol. The summed E-state index contributed by atoms with van der Waals surface area (Å²) in [6.45, 7) is 6.77. The molecule has 1 N–H and O–H groups in total. The summed E-state index contributed by atoms with van der Waals surface area (Å²) in [4.78, 5) is 2.12. The van der Waals surface area contributed by atoms with Gasteiger partial charge < -0.3 is 10.2 Å². The Labute approximate surface area is 104 Å². The van der Waals surface area contributed by atoms with E-state index in [9.17, 15) is 4.39 Å². The second-order valence-electron chi connectivity index (χ2n) is 4.30. The van der Waals surface area contributed by atoms with E-state index in [-0.39, 0.29) is 5.82 Å². The average Bonchev–Trinajstić information content (AvgIpc) is 2.29. The maximum absolute atomic E-state index is 14.0. The molecule has 17 heavy (non-hydrogen) atoms. The van der Waals surface area contributed by atoms with Crippen molar-refractivity contribution in [3.63, 3.8) is 0 Å². The van der Waals surface area contributed by atoms with E-state index in [1.165, 1.54) is 0 Å². The van der Waals surface area contributed by atoms with E-state index in [4.69, 9.17) is 0 Å². The Balaban J connectivity index is 2.87. The topological polar surface area (TPSA) is 15.3 Å². The number of nitrogens with one attached hydrogen (secondary N) is 1. The highest BCUT2D eigenvalue weighted by Crippen LogP contribution is 2.21. The van der Waals surface area contributed by atoms with Crippen molar-refractivity contribution in [2.24, 2.45) is 0 Å². The van der Waals surface area contributed by atoms with Crippen LogP contribution in [0.3, 0.4) is 0 Å². The molecule has 0 aromatic heterocycles. The van der Waals surface area contributed by atoms with E-state index in [0.717, 1.165) is 37.2 Å². The number of rotatable bonds is 7. The van der Waals surface area contributed by atoms with Crippen LogP contribution in [0, 0.1) is 5.82 Å². The Bertz CT molecular complexity index is 333. The zero-order valence-electron chi connectivity index (χ0n) is 11.1. The Morgan fingerprint density at radius 1 is 1.18 bits per heavy atom. The second kappa shape index (κ2) is 7.28. The highest BCUT2D eigenvalue weighted by Gasteiger charge is 2.10. The van der Waals surface area contributed by atoms with Gasteiger partial charge in [-0.25, -0.2) is 4.39 Å². The van der Waals surface area contributed by atoms with Crippen molar-refractivity contribution in [1.82, 2.24) is 5.32 Å². The van der Waals surface area contributed by atoms with Crippen LogP contribution in [-0.2, 0) is 6.54 Å². The van der Waals surface area contributed by atoms with Crippen LogP contribution in [0.2, 0.25) is 0 Å². The molecule has 1 aromatic rings. The van der Waals surface area contributed by atoms with Gasteiger partial charge in [0.2, 0.25) is 0 Å². The third-order valence-electron chi connectivity index (χ3n) is 2.72. The van der Waals surface area contributed by atoms with E-state index in [1.54, 1.807) is 6.07 Å². The molecule has 0 atom stereocenters. The van der Waals surface area contributed by atoms with Crippen LogP contribution in [0.5, 0.6) is 0 Å². The van der Waals surface area contributed by atoms with Gasteiger partial charge in [0, 0.05) is 19.6 Å². The minimum atomic E-state index is -0.111. The first-order valence-electron chi connectivity index (χ1n) is 6.40. The number of anilines is 1. The average molecular weight is 238 g/mol.